The van der Waals surface area contributed by atoms with Gasteiger partial charge in [0, 0.05) is 39.1 Å². The van der Waals surface area contributed by atoms with Crippen LogP contribution in [0.4, 0.5) is 0 Å². The van der Waals surface area contributed by atoms with E-state index in [0.29, 0.717) is 12.1 Å². The van der Waals surface area contributed by atoms with Gasteiger partial charge in [0.15, 0.2) is 0 Å². The Morgan fingerprint density at radius 1 is 1.28 bits per heavy atom. The number of hydrogen-bond acceptors (Lipinski definition) is 2. The molecule has 0 spiro atoms. The van der Waals surface area contributed by atoms with Gasteiger partial charge in [0.1, 0.15) is 5.75 Å². The van der Waals surface area contributed by atoms with Crippen LogP contribution >= 0.6 is 15.9 Å². The van der Waals surface area contributed by atoms with Crippen LogP contribution in [-0.4, -0.2) is 24.5 Å². The monoisotopic (exact) mass is 398 g/mol. The number of halogens is 1. The summed E-state index contributed by atoms with van der Waals surface area (Å²) in [6.07, 6.45) is 4.23. The van der Waals surface area contributed by atoms with Crippen LogP contribution in [0.5, 0.6) is 5.75 Å². The van der Waals surface area contributed by atoms with Gasteiger partial charge < -0.3 is 15.0 Å². The molecule has 1 amide bonds. The molecule has 4 rings (SSSR count). The number of nitrogens with one attached hydrogen (secondary N) is 2. The molecule has 1 heterocycles. The summed E-state index contributed by atoms with van der Waals surface area (Å²) in [5.74, 6) is 0.812. The van der Waals surface area contributed by atoms with Gasteiger partial charge in [-0.25, -0.2) is 0 Å². The van der Waals surface area contributed by atoms with E-state index in [1.54, 1.807) is 7.11 Å². The lowest BCUT2D eigenvalue weighted by atomic mass is 9.95. The van der Waals surface area contributed by atoms with E-state index in [4.69, 9.17) is 4.74 Å². The van der Waals surface area contributed by atoms with Gasteiger partial charge in [-0.1, -0.05) is 22.0 Å². The second-order valence-electron chi connectivity index (χ2n) is 6.59. The van der Waals surface area contributed by atoms with E-state index in [0.717, 1.165) is 28.6 Å². The Balaban J connectivity index is 1.56. The molecule has 128 valence electrons. The molecule has 5 heteroatoms. The van der Waals surface area contributed by atoms with E-state index in [1.165, 1.54) is 10.9 Å². The Morgan fingerprint density at radius 2 is 2.12 bits per heavy atom. The highest BCUT2D eigenvalue weighted by Gasteiger charge is 2.45. The first-order valence-corrected chi connectivity index (χ1v) is 9.10. The lowest BCUT2D eigenvalue weighted by Crippen LogP contribution is -2.32. The number of benzene rings is 2. The summed E-state index contributed by atoms with van der Waals surface area (Å²) in [7, 11) is 1.68. The molecule has 2 aromatic carbocycles. The van der Waals surface area contributed by atoms with E-state index >= 15 is 0 Å². The van der Waals surface area contributed by atoms with Gasteiger partial charge in [-0.2, -0.15) is 0 Å². The minimum Gasteiger partial charge on any atom is -0.497 e. The van der Waals surface area contributed by atoms with Crippen LogP contribution in [-0.2, 0) is 5.41 Å². The lowest BCUT2D eigenvalue weighted by Gasteiger charge is -2.16. The van der Waals surface area contributed by atoms with Crippen molar-refractivity contribution < 1.29 is 9.53 Å². The van der Waals surface area contributed by atoms with Crippen molar-refractivity contribution in [2.45, 2.75) is 18.3 Å². The van der Waals surface area contributed by atoms with Gasteiger partial charge in [-0.3, -0.25) is 4.79 Å². The quantitative estimate of drug-likeness (QED) is 0.668. The number of aromatic amines is 1. The van der Waals surface area contributed by atoms with Crippen molar-refractivity contribution in [3.05, 3.63) is 64.3 Å². The first-order valence-electron chi connectivity index (χ1n) is 8.31. The number of fused-ring (bicyclic) bond motifs is 1. The van der Waals surface area contributed by atoms with Gasteiger partial charge in [0.2, 0.25) is 0 Å². The molecule has 1 aromatic heterocycles. The van der Waals surface area contributed by atoms with Crippen molar-refractivity contribution in [2.24, 2.45) is 0 Å². The predicted molar refractivity (Wildman–Crippen MR) is 102 cm³/mol. The van der Waals surface area contributed by atoms with Crippen LogP contribution < -0.4 is 10.1 Å². The Labute approximate surface area is 154 Å². The smallest absolute Gasteiger partial charge is 0.251 e. The van der Waals surface area contributed by atoms with Crippen LogP contribution in [0.2, 0.25) is 0 Å². The molecule has 1 saturated carbocycles. The summed E-state index contributed by atoms with van der Waals surface area (Å²) in [6.45, 7) is 0.641. The second-order valence-corrected chi connectivity index (χ2v) is 7.50. The van der Waals surface area contributed by atoms with Gasteiger partial charge >= 0.3 is 0 Å². The third kappa shape index (κ3) is 3.04. The molecular formula is C20H19BrN2O2. The first-order chi connectivity index (χ1) is 12.1. The Hall–Kier alpha value is -2.27. The molecule has 1 aliphatic rings. The first kappa shape index (κ1) is 16.2. The second kappa shape index (κ2) is 6.23. The fraction of sp³-hybridized carbons (Fsp3) is 0.250. The highest BCUT2D eigenvalue weighted by atomic mass is 79.9. The molecule has 0 aliphatic heterocycles. The summed E-state index contributed by atoms with van der Waals surface area (Å²) < 4.78 is 6.27. The average Bonchev–Trinajstić information content (AvgIpc) is 3.30. The third-order valence-electron chi connectivity index (χ3n) is 4.99. The van der Waals surface area contributed by atoms with Crippen molar-refractivity contribution in [1.29, 1.82) is 0 Å². The van der Waals surface area contributed by atoms with Gasteiger partial charge in [0.25, 0.3) is 5.91 Å². The van der Waals surface area contributed by atoms with Crippen LogP contribution in [0.1, 0.15) is 28.8 Å². The fourth-order valence-electron chi connectivity index (χ4n) is 3.34. The molecule has 0 atom stereocenters. The number of rotatable bonds is 5. The topological polar surface area (TPSA) is 54.1 Å². The summed E-state index contributed by atoms with van der Waals surface area (Å²) in [5.41, 5.74) is 3.05. The number of aromatic nitrogens is 1. The Kier molecular flexibility index (Phi) is 4.04. The summed E-state index contributed by atoms with van der Waals surface area (Å²) in [4.78, 5) is 15.8. The zero-order valence-electron chi connectivity index (χ0n) is 13.9. The molecule has 0 unspecified atom stereocenters. The van der Waals surface area contributed by atoms with Crippen molar-refractivity contribution in [2.75, 3.05) is 13.7 Å². The van der Waals surface area contributed by atoms with E-state index in [1.807, 2.05) is 36.4 Å². The van der Waals surface area contributed by atoms with Gasteiger partial charge in [0.05, 0.1) is 7.11 Å². The number of H-pyrrole nitrogens is 1. The van der Waals surface area contributed by atoms with Crippen LogP contribution in [0.25, 0.3) is 10.9 Å². The highest BCUT2D eigenvalue weighted by molar-refractivity contribution is 9.10. The largest absolute Gasteiger partial charge is 0.497 e. The normalized spacial score (nSPS) is 15.1. The Morgan fingerprint density at radius 3 is 2.84 bits per heavy atom. The molecule has 1 fully saturated rings. The fourth-order valence-corrected chi connectivity index (χ4v) is 3.74. The van der Waals surface area contributed by atoms with Gasteiger partial charge in [-0.15, -0.1) is 0 Å². The molecule has 3 aromatic rings. The average molecular weight is 399 g/mol. The molecule has 0 bridgehead atoms. The molecule has 1 aliphatic carbocycles. The highest BCUT2D eigenvalue weighted by Crippen LogP contribution is 2.50. The number of hydrogen-bond donors (Lipinski definition) is 2. The molecule has 0 radical (unpaired) electrons. The number of ether oxygens (including phenoxy) is 1. The maximum absolute atomic E-state index is 12.4. The van der Waals surface area contributed by atoms with Crippen molar-refractivity contribution in [3.63, 3.8) is 0 Å². The number of carbonyl (C=O) groups excluding carboxylic acids is 1. The predicted octanol–water partition coefficient (Wildman–Crippen LogP) is 4.40. The van der Waals surface area contributed by atoms with Crippen molar-refractivity contribution in [1.82, 2.24) is 10.3 Å². The number of methoxy groups -OCH3 is 1. The van der Waals surface area contributed by atoms with E-state index < -0.39 is 0 Å². The minimum atomic E-state index is -0.0370. The van der Waals surface area contributed by atoms with E-state index in [9.17, 15) is 4.79 Å². The van der Waals surface area contributed by atoms with E-state index in [-0.39, 0.29) is 11.3 Å². The molecule has 25 heavy (non-hydrogen) atoms. The molecule has 4 nitrogen and oxygen atoms in total. The van der Waals surface area contributed by atoms with Crippen LogP contribution in [0, 0.1) is 0 Å². The Bertz CT molecular complexity index is 944. The maximum atomic E-state index is 12.4. The SMILES string of the molecule is COc1ccc2[nH]cc(C3(CNC(=O)c4cccc(Br)c4)CC3)c2c1. The zero-order chi connectivity index (χ0) is 17.4. The molecule has 2 N–H and O–H groups in total. The maximum Gasteiger partial charge on any atom is 0.251 e. The van der Waals surface area contributed by atoms with Gasteiger partial charge in [-0.05, 0) is 54.8 Å². The summed E-state index contributed by atoms with van der Waals surface area (Å²) in [6, 6.07) is 13.5. The number of carbonyl (C=O) groups is 1. The third-order valence-corrected chi connectivity index (χ3v) is 5.48. The summed E-state index contributed by atoms with van der Waals surface area (Å²) in [5, 5.41) is 4.28. The van der Waals surface area contributed by atoms with Crippen LogP contribution in [0.3, 0.4) is 0 Å². The van der Waals surface area contributed by atoms with E-state index in [2.05, 4.69) is 38.5 Å². The molecular weight excluding hydrogens is 380 g/mol. The van der Waals surface area contributed by atoms with Crippen LogP contribution in [0.15, 0.2) is 53.1 Å². The van der Waals surface area contributed by atoms with Crippen molar-refractivity contribution in [3.8, 4) is 5.75 Å². The number of amides is 1. The zero-order valence-corrected chi connectivity index (χ0v) is 15.5. The lowest BCUT2D eigenvalue weighted by molar-refractivity contribution is 0.0949. The minimum absolute atomic E-state index is 0.0201. The molecule has 0 saturated heterocycles. The van der Waals surface area contributed by atoms with Crippen molar-refractivity contribution >= 4 is 32.7 Å². The summed E-state index contributed by atoms with van der Waals surface area (Å²) >= 11 is 3.41. The standard InChI is InChI=1S/C20H19BrN2O2/c1-25-15-5-6-18-16(10-15)17(11-22-18)20(7-8-20)12-23-19(24)13-3-2-4-14(21)9-13/h2-6,9-11,22H,7-8,12H2,1H3,(H,23,24).